The van der Waals surface area contributed by atoms with E-state index in [9.17, 15) is 14.9 Å². The summed E-state index contributed by atoms with van der Waals surface area (Å²) in [6.07, 6.45) is 0.235. The molecule has 0 aliphatic rings. The molecule has 1 aromatic rings. The lowest BCUT2D eigenvalue weighted by Crippen LogP contribution is -2.06. The molecule has 0 saturated carbocycles. The van der Waals surface area contributed by atoms with Gasteiger partial charge in [0.15, 0.2) is 0 Å². The lowest BCUT2D eigenvalue weighted by molar-refractivity contribution is -0.385. The van der Waals surface area contributed by atoms with Crippen LogP contribution in [0.25, 0.3) is 0 Å². The zero-order chi connectivity index (χ0) is 11.4. The Morgan fingerprint density at radius 1 is 1.53 bits per heavy atom. The summed E-state index contributed by atoms with van der Waals surface area (Å²) >= 11 is 3.06. The fraction of sp³-hybridized carbons (Fsp3) is 0.300. The fourth-order valence-electron chi connectivity index (χ4n) is 1.32. The van der Waals surface area contributed by atoms with Crippen molar-refractivity contribution in [3.8, 4) is 0 Å². The van der Waals surface area contributed by atoms with Gasteiger partial charge in [0.05, 0.1) is 10.3 Å². The molecule has 0 aromatic heterocycles. The maximum Gasteiger partial charge on any atom is 0.272 e. The minimum Gasteiger partial charge on any atom is -0.298 e. The molecular weight excluding hydrogens is 262 g/mol. The van der Waals surface area contributed by atoms with E-state index in [1.54, 1.807) is 19.1 Å². The van der Waals surface area contributed by atoms with Gasteiger partial charge in [-0.15, -0.1) is 0 Å². The Balaban J connectivity index is 3.04. The summed E-state index contributed by atoms with van der Waals surface area (Å²) < 4.78 is 0. The van der Waals surface area contributed by atoms with Crippen LogP contribution in [0.15, 0.2) is 18.2 Å². The Bertz CT molecular complexity index is 404. The number of carbonyl (C=O) groups is 1. The quantitative estimate of drug-likeness (QED) is 0.480. The highest BCUT2D eigenvalue weighted by Gasteiger charge is 2.14. The van der Waals surface area contributed by atoms with Gasteiger partial charge in [0.25, 0.3) is 5.69 Å². The molecule has 0 atom stereocenters. The number of alkyl halides is 1. The standard InChI is InChI=1S/C10H10BrNO3/c1-7-8(5-9(13)6-11)3-2-4-10(7)12(14)15/h2-4H,5-6H2,1H3. The predicted octanol–water partition coefficient (Wildman–Crippen LogP) is 2.41. The average molecular weight is 272 g/mol. The van der Waals surface area contributed by atoms with Crippen LogP contribution in [-0.4, -0.2) is 16.0 Å². The van der Waals surface area contributed by atoms with E-state index in [4.69, 9.17) is 0 Å². The lowest BCUT2D eigenvalue weighted by atomic mass is 10.0. The zero-order valence-electron chi connectivity index (χ0n) is 8.20. The van der Waals surface area contributed by atoms with Crippen LogP contribution in [-0.2, 0) is 11.2 Å². The molecule has 0 radical (unpaired) electrons. The highest BCUT2D eigenvalue weighted by atomic mass is 79.9. The van der Waals surface area contributed by atoms with Crippen molar-refractivity contribution in [2.24, 2.45) is 0 Å². The maximum absolute atomic E-state index is 11.2. The largest absolute Gasteiger partial charge is 0.298 e. The molecule has 0 heterocycles. The lowest BCUT2D eigenvalue weighted by Gasteiger charge is -2.04. The van der Waals surface area contributed by atoms with Crippen LogP contribution >= 0.6 is 15.9 Å². The number of hydrogen-bond acceptors (Lipinski definition) is 3. The molecule has 1 rings (SSSR count). The third kappa shape index (κ3) is 2.86. The molecule has 0 spiro atoms. The number of halogens is 1. The molecule has 80 valence electrons. The second-order valence-corrected chi connectivity index (χ2v) is 3.73. The van der Waals surface area contributed by atoms with Crippen molar-refractivity contribution in [3.63, 3.8) is 0 Å². The summed E-state index contributed by atoms with van der Waals surface area (Å²) in [5.74, 6) is 0.0126. The van der Waals surface area contributed by atoms with Gasteiger partial charge in [-0.25, -0.2) is 0 Å². The zero-order valence-corrected chi connectivity index (χ0v) is 9.78. The Hall–Kier alpha value is -1.23. The first-order valence-electron chi connectivity index (χ1n) is 4.36. The summed E-state index contributed by atoms with van der Waals surface area (Å²) in [5, 5.41) is 10.9. The molecule has 0 fully saturated rings. The van der Waals surface area contributed by atoms with Crippen LogP contribution < -0.4 is 0 Å². The van der Waals surface area contributed by atoms with Crippen molar-refractivity contribution in [2.45, 2.75) is 13.3 Å². The van der Waals surface area contributed by atoms with E-state index in [1.165, 1.54) is 6.07 Å². The van der Waals surface area contributed by atoms with Gasteiger partial charge in [0.2, 0.25) is 0 Å². The highest BCUT2D eigenvalue weighted by Crippen LogP contribution is 2.21. The minimum atomic E-state index is -0.433. The monoisotopic (exact) mass is 271 g/mol. The number of benzene rings is 1. The van der Waals surface area contributed by atoms with Crippen molar-refractivity contribution < 1.29 is 9.72 Å². The Morgan fingerprint density at radius 2 is 2.20 bits per heavy atom. The molecule has 0 saturated heterocycles. The summed E-state index contributed by atoms with van der Waals surface area (Å²) in [6, 6.07) is 4.78. The van der Waals surface area contributed by atoms with Gasteiger partial charge in [-0.1, -0.05) is 28.1 Å². The van der Waals surface area contributed by atoms with Crippen LogP contribution in [0.3, 0.4) is 0 Å². The van der Waals surface area contributed by atoms with Crippen molar-refractivity contribution in [3.05, 3.63) is 39.4 Å². The first-order chi connectivity index (χ1) is 7.06. The number of nitrogens with zero attached hydrogens (tertiary/aromatic N) is 1. The second-order valence-electron chi connectivity index (χ2n) is 3.17. The van der Waals surface area contributed by atoms with E-state index in [0.717, 1.165) is 0 Å². The van der Waals surface area contributed by atoms with Crippen LogP contribution in [0, 0.1) is 17.0 Å². The molecule has 5 heteroatoms. The van der Waals surface area contributed by atoms with Crippen LogP contribution in [0.2, 0.25) is 0 Å². The van der Waals surface area contributed by atoms with E-state index in [0.29, 0.717) is 11.1 Å². The van der Waals surface area contributed by atoms with E-state index >= 15 is 0 Å². The third-order valence-electron chi connectivity index (χ3n) is 2.15. The number of ketones is 1. The van der Waals surface area contributed by atoms with Gasteiger partial charge in [-0.2, -0.15) is 0 Å². The molecule has 0 amide bonds. The summed E-state index contributed by atoms with van der Waals surface area (Å²) in [4.78, 5) is 21.4. The topological polar surface area (TPSA) is 60.2 Å². The van der Waals surface area contributed by atoms with Gasteiger partial charge in [-0.3, -0.25) is 14.9 Å². The number of hydrogen-bond donors (Lipinski definition) is 0. The normalized spacial score (nSPS) is 10.0. The van der Waals surface area contributed by atoms with Crippen LogP contribution in [0.1, 0.15) is 11.1 Å². The minimum absolute atomic E-state index is 0.0126. The van der Waals surface area contributed by atoms with E-state index in [2.05, 4.69) is 15.9 Å². The fourth-order valence-corrected chi connectivity index (χ4v) is 1.52. The SMILES string of the molecule is Cc1c(CC(=O)CBr)cccc1[N+](=O)[O-]. The number of nitro groups is 1. The molecule has 1 aromatic carbocycles. The van der Waals surface area contributed by atoms with Crippen molar-refractivity contribution >= 4 is 27.4 Å². The summed E-state index contributed by atoms with van der Waals surface area (Å²) in [6.45, 7) is 1.66. The second kappa shape index (κ2) is 5.02. The summed E-state index contributed by atoms with van der Waals surface area (Å²) in [5.41, 5.74) is 1.35. The third-order valence-corrected chi connectivity index (χ3v) is 2.78. The molecule has 0 bridgehead atoms. The predicted molar refractivity (Wildman–Crippen MR) is 60.3 cm³/mol. The molecule has 0 aliphatic carbocycles. The van der Waals surface area contributed by atoms with Crippen LogP contribution in [0.5, 0.6) is 0 Å². The number of carbonyl (C=O) groups excluding carboxylic acids is 1. The van der Waals surface area contributed by atoms with E-state index in [-0.39, 0.29) is 23.2 Å². The molecule has 15 heavy (non-hydrogen) atoms. The molecule has 4 nitrogen and oxygen atoms in total. The molecule has 0 unspecified atom stereocenters. The first-order valence-corrected chi connectivity index (χ1v) is 5.49. The van der Waals surface area contributed by atoms with Gasteiger partial charge in [0, 0.05) is 18.1 Å². The Labute approximate surface area is 95.6 Å². The van der Waals surface area contributed by atoms with Crippen molar-refractivity contribution in [2.75, 3.05) is 5.33 Å². The highest BCUT2D eigenvalue weighted by molar-refractivity contribution is 9.09. The van der Waals surface area contributed by atoms with Crippen molar-refractivity contribution in [1.29, 1.82) is 0 Å². The van der Waals surface area contributed by atoms with Crippen molar-refractivity contribution in [1.82, 2.24) is 0 Å². The first kappa shape index (κ1) is 11.8. The Morgan fingerprint density at radius 3 is 2.73 bits per heavy atom. The van der Waals surface area contributed by atoms with Gasteiger partial charge < -0.3 is 0 Å². The number of rotatable bonds is 4. The van der Waals surface area contributed by atoms with Gasteiger partial charge in [0.1, 0.15) is 5.78 Å². The molecule has 0 aliphatic heterocycles. The summed E-state index contributed by atoms with van der Waals surface area (Å²) in [7, 11) is 0. The van der Waals surface area contributed by atoms with Crippen LogP contribution in [0.4, 0.5) is 5.69 Å². The molecule has 0 N–H and O–H groups in total. The maximum atomic E-state index is 11.2. The average Bonchev–Trinajstić information content (AvgIpc) is 2.20. The smallest absolute Gasteiger partial charge is 0.272 e. The van der Waals surface area contributed by atoms with E-state index in [1.807, 2.05) is 0 Å². The number of nitro benzene ring substituents is 1. The van der Waals surface area contributed by atoms with E-state index < -0.39 is 4.92 Å². The van der Waals surface area contributed by atoms with Gasteiger partial charge >= 0.3 is 0 Å². The van der Waals surface area contributed by atoms with Gasteiger partial charge in [-0.05, 0) is 12.5 Å². The Kier molecular flexibility index (Phi) is 3.96. The molecular formula is C10H10BrNO3. The number of Topliss-reactive ketones (excluding diaryl/α,β-unsaturated/α-hetero) is 1.